The molecule has 0 bridgehead atoms. The van der Waals surface area contributed by atoms with Crippen molar-refractivity contribution >= 4 is 28.9 Å². The van der Waals surface area contributed by atoms with Gasteiger partial charge in [-0.25, -0.2) is 0 Å². The highest BCUT2D eigenvalue weighted by Gasteiger charge is 2.34. The van der Waals surface area contributed by atoms with Crippen molar-refractivity contribution in [1.82, 2.24) is 10.6 Å². The number of morpholine rings is 1. The number of hydrogen-bond donors (Lipinski definition) is 2. The first-order chi connectivity index (χ1) is 15.6. The van der Waals surface area contributed by atoms with Crippen molar-refractivity contribution in [2.75, 3.05) is 19.8 Å². The molecule has 2 aliphatic rings. The van der Waals surface area contributed by atoms with E-state index in [1.54, 1.807) is 12.1 Å². The van der Waals surface area contributed by atoms with E-state index in [2.05, 4.69) is 10.6 Å². The van der Waals surface area contributed by atoms with Gasteiger partial charge in [-0.1, -0.05) is 54.2 Å². The Labute approximate surface area is 190 Å². The molecule has 168 valence electrons. The zero-order chi connectivity index (χ0) is 22.3. The second-order valence-electron chi connectivity index (χ2n) is 7.48. The van der Waals surface area contributed by atoms with Crippen LogP contribution in [0.3, 0.4) is 0 Å². The Hall–Kier alpha value is -2.88. The fourth-order valence-corrected chi connectivity index (χ4v) is 4.35. The first-order valence-corrected chi connectivity index (χ1v) is 11.3. The van der Waals surface area contributed by atoms with E-state index in [0.717, 1.165) is 22.9 Å². The average Bonchev–Trinajstić information content (AvgIpc) is 3.14. The lowest BCUT2D eigenvalue weighted by Crippen LogP contribution is -2.55. The summed E-state index contributed by atoms with van der Waals surface area (Å²) < 4.78 is 17.0. The maximum absolute atomic E-state index is 12.6. The Bertz CT molecular complexity index is 953. The molecular formula is C23H24N2O6S. The van der Waals surface area contributed by atoms with E-state index in [1.165, 1.54) is 0 Å². The molecule has 0 radical (unpaired) electrons. The average molecular weight is 457 g/mol. The lowest BCUT2D eigenvalue weighted by molar-refractivity contribution is -0.155. The number of amides is 2. The number of imide groups is 1. The minimum atomic E-state index is -0.609. The van der Waals surface area contributed by atoms with Crippen LogP contribution in [0, 0.1) is 0 Å². The van der Waals surface area contributed by atoms with Crippen LogP contribution in [0.2, 0.25) is 0 Å². The number of hydrogen-bond acceptors (Lipinski definition) is 8. The lowest BCUT2D eigenvalue weighted by atomic mass is 10.1. The summed E-state index contributed by atoms with van der Waals surface area (Å²) in [4.78, 5) is 35.6. The fraction of sp³-hybridized carbons (Fsp3) is 0.348. The molecule has 2 fully saturated rings. The summed E-state index contributed by atoms with van der Waals surface area (Å²) in [7, 11) is 0. The van der Waals surface area contributed by atoms with E-state index in [0.29, 0.717) is 25.3 Å². The second kappa shape index (κ2) is 10.6. The third-order valence-corrected chi connectivity index (χ3v) is 6.15. The first kappa shape index (κ1) is 22.3. The van der Waals surface area contributed by atoms with E-state index >= 15 is 0 Å². The molecule has 2 heterocycles. The summed E-state index contributed by atoms with van der Waals surface area (Å²) in [6.45, 7) is 1.43. The molecule has 2 saturated heterocycles. The van der Waals surface area contributed by atoms with Crippen LogP contribution in [0.25, 0.3) is 0 Å². The summed E-state index contributed by atoms with van der Waals surface area (Å²) >= 11 is 1.01. The Morgan fingerprint density at radius 1 is 1.06 bits per heavy atom. The van der Waals surface area contributed by atoms with Gasteiger partial charge in [0.1, 0.15) is 31.1 Å². The topological polar surface area (TPSA) is 103 Å². The zero-order valence-corrected chi connectivity index (χ0v) is 18.1. The highest BCUT2D eigenvalue weighted by atomic mass is 32.2. The third-order valence-electron chi connectivity index (χ3n) is 5.17. The van der Waals surface area contributed by atoms with Crippen molar-refractivity contribution in [2.45, 2.75) is 30.4 Å². The fourth-order valence-electron chi connectivity index (χ4n) is 3.49. The Balaban J connectivity index is 1.28. The van der Waals surface area contributed by atoms with Crippen LogP contribution >= 0.6 is 11.8 Å². The molecule has 9 heteroatoms. The molecule has 32 heavy (non-hydrogen) atoms. The van der Waals surface area contributed by atoms with E-state index in [1.807, 2.05) is 42.5 Å². The van der Waals surface area contributed by atoms with E-state index in [4.69, 9.17) is 14.2 Å². The molecule has 2 amide bonds. The Morgan fingerprint density at radius 3 is 2.56 bits per heavy atom. The number of carbonyl (C=O) groups is 3. The normalized spacial score (nSPS) is 22.9. The molecule has 4 rings (SSSR count). The smallest absolute Gasteiger partial charge is 0.326 e. The van der Waals surface area contributed by atoms with Crippen LogP contribution in [0.4, 0.5) is 4.79 Å². The van der Waals surface area contributed by atoms with E-state index in [-0.39, 0.29) is 30.3 Å². The number of esters is 1. The van der Waals surface area contributed by atoms with Crippen LogP contribution in [0.5, 0.6) is 5.75 Å². The van der Waals surface area contributed by atoms with Crippen molar-refractivity contribution in [3.05, 3.63) is 65.7 Å². The van der Waals surface area contributed by atoms with Gasteiger partial charge in [0, 0.05) is 6.54 Å². The van der Waals surface area contributed by atoms with Crippen LogP contribution in [0.15, 0.2) is 54.6 Å². The van der Waals surface area contributed by atoms with Crippen molar-refractivity contribution in [3.63, 3.8) is 0 Å². The second-order valence-corrected chi connectivity index (χ2v) is 8.65. The molecule has 2 aromatic carbocycles. The van der Waals surface area contributed by atoms with E-state index in [9.17, 15) is 14.4 Å². The summed E-state index contributed by atoms with van der Waals surface area (Å²) in [5.74, 6) is -0.00853. The molecule has 8 nitrogen and oxygen atoms in total. The van der Waals surface area contributed by atoms with Crippen LogP contribution in [-0.2, 0) is 32.1 Å². The van der Waals surface area contributed by atoms with Gasteiger partial charge in [0.15, 0.2) is 0 Å². The molecule has 0 aromatic heterocycles. The molecule has 2 aromatic rings. The van der Waals surface area contributed by atoms with Crippen molar-refractivity contribution < 1.29 is 28.6 Å². The maximum atomic E-state index is 12.6. The number of rotatable bonds is 8. The minimum absolute atomic E-state index is 0.187. The molecule has 2 aliphatic heterocycles. The molecule has 0 saturated carbocycles. The molecule has 0 aliphatic carbocycles. The predicted octanol–water partition coefficient (Wildman–Crippen LogP) is 2.06. The summed E-state index contributed by atoms with van der Waals surface area (Å²) in [5.41, 5.74) is 1.85. The van der Waals surface area contributed by atoms with Gasteiger partial charge in [-0.3, -0.25) is 25.0 Å². The zero-order valence-electron chi connectivity index (χ0n) is 17.3. The van der Waals surface area contributed by atoms with Crippen molar-refractivity contribution in [2.24, 2.45) is 0 Å². The van der Waals surface area contributed by atoms with Gasteiger partial charge in [0.05, 0.1) is 11.9 Å². The molecular weight excluding hydrogens is 432 g/mol. The van der Waals surface area contributed by atoms with Gasteiger partial charge in [0.25, 0.3) is 5.24 Å². The molecule has 3 atom stereocenters. The van der Waals surface area contributed by atoms with E-state index < -0.39 is 17.4 Å². The lowest BCUT2D eigenvalue weighted by Gasteiger charge is -2.31. The maximum Gasteiger partial charge on any atom is 0.326 e. The number of benzene rings is 2. The highest BCUT2D eigenvalue weighted by molar-refractivity contribution is 8.15. The number of thioether (sulfide) groups is 1. The monoisotopic (exact) mass is 456 g/mol. The summed E-state index contributed by atoms with van der Waals surface area (Å²) in [5, 5.41) is 4.73. The number of nitrogens with one attached hydrogen (secondary N) is 2. The summed E-state index contributed by atoms with van der Waals surface area (Å²) in [6, 6.07) is 16.2. The molecule has 0 spiro atoms. The van der Waals surface area contributed by atoms with Crippen LogP contribution < -0.4 is 15.4 Å². The number of carbonyl (C=O) groups excluding carboxylic acids is 3. The predicted molar refractivity (Wildman–Crippen MR) is 118 cm³/mol. The van der Waals surface area contributed by atoms with Gasteiger partial charge in [0.2, 0.25) is 5.91 Å². The number of ether oxygens (including phenoxy) is 3. The standard InChI is InChI=1S/C23H24N2O6S/c26-21-19(32-23(28)25-21)12-15-6-8-17(9-7-15)30-14-18-20(24-10-11-29-18)22(27)31-13-16-4-2-1-3-5-16/h1-9,18-20,24H,10-14H2,(H,25,26,28)/t18-,19?,20+/m0/s1. The van der Waals surface area contributed by atoms with Crippen molar-refractivity contribution in [1.29, 1.82) is 0 Å². The third kappa shape index (κ3) is 5.87. The van der Waals surface area contributed by atoms with Crippen molar-refractivity contribution in [3.8, 4) is 5.75 Å². The SMILES string of the molecule is O=C1NC(=O)C(Cc2ccc(OC[C@@H]3OCCN[C@H]3C(=O)OCc3ccccc3)cc2)S1. The largest absolute Gasteiger partial charge is 0.491 e. The Morgan fingerprint density at radius 2 is 1.84 bits per heavy atom. The van der Waals surface area contributed by atoms with Gasteiger partial charge >= 0.3 is 5.97 Å². The van der Waals surface area contributed by atoms with Gasteiger partial charge < -0.3 is 14.2 Å². The first-order valence-electron chi connectivity index (χ1n) is 10.4. The molecule has 1 unspecified atom stereocenters. The Kier molecular flexibility index (Phi) is 7.41. The van der Waals surface area contributed by atoms with Gasteiger partial charge in [-0.05, 0) is 29.7 Å². The van der Waals surface area contributed by atoms with Gasteiger partial charge in [-0.2, -0.15) is 0 Å². The van der Waals surface area contributed by atoms with Gasteiger partial charge in [-0.15, -0.1) is 0 Å². The quantitative estimate of drug-likeness (QED) is 0.582. The van der Waals surface area contributed by atoms with Crippen LogP contribution in [-0.4, -0.2) is 54.3 Å². The minimum Gasteiger partial charge on any atom is -0.491 e. The summed E-state index contributed by atoms with van der Waals surface area (Å²) in [6.07, 6.45) is -0.00987. The highest BCUT2D eigenvalue weighted by Crippen LogP contribution is 2.24. The molecule has 2 N–H and O–H groups in total. The van der Waals surface area contributed by atoms with Crippen LogP contribution in [0.1, 0.15) is 11.1 Å².